The Bertz CT molecular complexity index is 710. The molecule has 2 aromatic heterocycles. The Labute approximate surface area is 115 Å². The quantitative estimate of drug-likeness (QED) is 0.739. The molecule has 0 aliphatic carbocycles. The van der Waals surface area contributed by atoms with Gasteiger partial charge in [-0.25, -0.2) is 0 Å². The molecule has 1 aliphatic heterocycles. The van der Waals surface area contributed by atoms with Crippen LogP contribution in [-0.4, -0.2) is 21.3 Å². The second-order valence-corrected chi connectivity index (χ2v) is 5.94. The van der Waals surface area contributed by atoms with Gasteiger partial charge in [0.25, 0.3) is 0 Å². The molecule has 1 aliphatic rings. The summed E-state index contributed by atoms with van der Waals surface area (Å²) in [5, 5.41) is 13.4. The predicted octanol–water partition coefficient (Wildman–Crippen LogP) is 2.82. The number of hydrogen-bond donors (Lipinski definition) is 1. The van der Waals surface area contributed by atoms with Crippen LogP contribution in [0.4, 0.5) is 0 Å². The second-order valence-electron chi connectivity index (χ2n) is 4.86. The van der Waals surface area contributed by atoms with E-state index in [0.717, 1.165) is 24.7 Å². The molecule has 96 valence electrons. The van der Waals surface area contributed by atoms with Gasteiger partial charge in [0.15, 0.2) is 5.82 Å². The molecule has 3 aromatic rings. The van der Waals surface area contributed by atoms with Gasteiger partial charge in [-0.05, 0) is 24.4 Å². The van der Waals surface area contributed by atoms with Crippen molar-refractivity contribution in [3.05, 3.63) is 36.2 Å². The number of aromatic nitrogens is 3. The topological polar surface area (TPSA) is 42.7 Å². The number of hydrogen-bond acceptors (Lipinski definition) is 4. The fourth-order valence-corrected chi connectivity index (χ4v) is 3.67. The van der Waals surface area contributed by atoms with Gasteiger partial charge in [-0.3, -0.25) is 0 Å². The second kappa shape index (κ2) is 4.15. The van der Waals surface area contributed by atoms with Gasteiger partial charge in [0.05, 0.1) is 10.9 Å². The highest BCUT2D eigenvalue weighted by Crippen LogP contribution is 2.33. The lowest BCUT2D eigenvalue weighted by Crippen LogP contribution is -2.32. The van der Waals surface area contributed by atoms with Crippen molar-refractivity contribution in [1.29, 1.82) is 0 Å². The van der Waals surface area contributed by atoms with Crippen LogP contribution in [0.1, 0.15) is 18.8 Å². The Morgan fingerprint density at radius 2 is 2.21 bits per heavy atom. The van der Waals surface area contributed by atoms with Gasteiger partial charge < -0.3 is 9.88 Å². The number of rotatable bonds is 1. The number of fused-ring (bicyclic) bond motifs is 2. The zero-order valence-corrected chi connectivity index (χ0v) is 11.4. The third kappa shape index (κ3) is 1.69. The summed E-state index contributed by atoms with van der Waals surface area (Å²) in [5.41, 5.74) is 0. The van der Waals surface area contributed by atoms with Crippen molar-refractivity contribution in [2.45, 2.75) is 19.5 Å². The Balaban J connectivity index is 1.88. The summed E-state index contributed by atoms with van der Waals surface area (Å²) in [4.78, 5) is 1.20. The van der Waals surface area contributed by atoms with E-state index in [-0.39, 0.29) is 6.04 Å². The number of nitrogens with one attached hydrogen (secondary N) is 1. The molecule has 19 heavy (non-hydrogen) atoms. The highest BCUT2D eigenvalue weighted by Gasteiger charge is 2.22. The SMILES string of the molecule is CC1NCCn2c(-c3cc4ccccc4s3)nnc21. The van der Waals surface area contributed by atoms with E-state index < -0.39 is 0 Å². The summed E-state index contributed by atoms with van der Waals surface area (Å²) in [6, 6.07) is 10.9. The molecular weight excluding hydrogens is 256 g/mol. The molecule has 5 heteroatoms. The number of benzene rings is 1. The average molecular weight is 270 g/mol. The van der Waals surface area contributed by atoms with Crippen LogP contribution in [0.15, 0.2) is 30.3 Å². The van der Waals surface area contributed by atoms with E-state index in [0.29, 0.717) is 0 Å². The van der Waals surface area contributed by atoms with Crippen molar-refractivity contribution in [3.8, 4) is 10.7 Å². The minimum absolute atomic E-state index is 0.282. The Hall–Kier alpha value is -1.72. The van der Waals surface area contributed by atoms with Gasteiger partial charge in [-0.2, -0.15) is 0 Å². The fourth-order valence-electron chi connectivity index (χ4n) is 2.61. The molecule has 0 amide bonds. The third-order valence-corrected chi connectivity index (χ3v) is 4.71. The van der Waals surface area contributed by atoms with Crippen molar-refractivity contribution < 1.29 is 0 Å². The van der Waals surface area contributed by atoms with E-state index in [4.69, 9.17) is 0 Å². The maximum atomic E-state index is 4.40. The molecule has 0 fully saturated rings. The number of thiophene rings is 1. The lowest BCUT2D eigenvalue weighted by molar-refractivity contribution is 0.439. The van der Waals surface area contributed by atoms with Crippen LogP contribution in [0.2, 0.25) is 0 Å². The minimum atomic E-state index is 0.282. The normalized spacial score (nSPS) is 18.7. The van der Waals surface area contributed by atoms with Gasteiger partial charge in [0.1, 0.15) is 5.82 Å². The molecule has 1 unspecified atom stereocenters. The van der Waals surface area contributed by atoms with Crippen molar-refractivity contribution in [2.24, 2.45) is 0 Å². The van der Waals surface area contributed by atoms with Gasteiger partial charge >= 0.3 is 0 Å². The van der Waals surface area contributed by atoms with Crippen LogP contribution in [0.3, 0.4) is 0 Å². The largest absolute Gasteiger partial charge is 0.308 e. The van der Waals surface area contributed by atoms with Crippen LogP contribution in [0, 0.1) is 0 Å². The smallest absolute Gasteiger partial charge is 0.174 e. The van der Waals surface area contributed by atoms with E-state index >= 15 is 0 Å². The summed E-state index contributed by atoms with van der Waals surface area (Å²) in [6.45, 7) is 4.05. The van der Waals surface area contributed by atoms with E-state index in [9.17, 15) is 0 Å². The predicted molar refractivity (Wildman–Crippen MR) is 77.3 cm³/mol. The fraction of sp³-hybridized carbons (Fsp3) is 0.286. The van der Waals surface area contributed by atoms with Gasteiger partial charge in [-0.1, -0.05) is 18.2 Å². The van der Waals surface area contributed by atoms with E-state index in [1.54, 1.807) is 11.3 Å². The minimum Gasteiger partial charge on any atom is -0.308 e. The van der Waals surface area contributed by atoms with Crippen molar-refractivity contribution >= 4 is 21.4 Å². The number of nitrogens with zero attached hydrogens (tertiary/aromatic N) is 3. The van der Waals surface area contributed by atoms with Crippen LogP contribution >= 0.6 is 11.3 Å². The van der Waals surface area contributed by atoms with Crippen LogP contribution < -0.4 is 5.32 Å². The van der Waals surface area contributed by atoms with Gasteiger partial charge in [0, 0.05) is 17.8 Å². The first kappa shape index (κ1) is 11.1. The first-order chi connectivity index (χ1) is 9.33. The zero-order valence-electron chi connectivity index (χ0n) is 10.6. The maximum absolute atomic E-state index is 4.40. The lowest BCUT2D eigenvalue weighted by Gasteiger charge is -2.21. The van der Waals surface area contributed by atoms with Gasteiger partial charge in [-0.15, -0.1) is 21.5 Å². The Morgan fingerprint density at radius 1 is 1.32 bits per heavy atom. The summed E-state index contributed by atoms with van der Waals surface area (Å²) in [5.74, 6) is 2.04. The lowest BCUT2D eigenvalue weighted by atomic mass is 10.2. The van der Waals surface area contributed by atoms with E-state index in [2.05, 4.69) is 57.3 Å². The molecule has 4 nitrogen and oxygen atoms in total. The average Bonchev–Trinajstić information content (AvgIpc) is 3.02. The van der Waals surface area contributed by atoms with Crippen molar-refractivity contribution in [1.82, 2.24) is 20.1 Å². The molecule has 1 atom stereocenters. The molecule has 3 heterocycles. The molecule has 1 aromatic carbocycles. The zero-order chi connectivity index (χ0) is 12.8. The third-order valence-electron chi connectivity index (χ3n) is 3.60. The first-order valence-electron chi connectivity index (χ1n) is 6.48. The summed E-state index contributed by atoms with van der Waals surface area (Å²) in [6.07, 6.45) is 0. The molecule has 0 spiro atoms. The summed E-state index contributed by atoms with van der Waals surface area (Å²) in [7, 11) is 0. The molecule has 0 radical (unpaired) electrons. The Morgan fingerprint density at radius 3 is 3.11 bits per heavy atom. The molecule has 4 rings (SSSR count). The van der Waals surface area contributed by atoms with Crippen molar-refractivity contribution in [3.63, 3.8) is 0 Å². The summed E-state index contributed by atoms with van der Waals surface area (Å²) < 4.78 is 3.54. The Kier molecular flexibility index (Phi) is 2.43. The molecule has 0 saturated heterocycles. The monoisotopic (exact) mass is 270 g/mol. The highest BCUT2D eigenvalue weighted by molar-refractivity contribution is 7.22. The van der Waals surface area contributed by atoms with E-state index in [1.807, 2.05) is 0 Å². The molecular formula is C14H14N4S. The van der Waals surface area contributed by atoms with Crippen molar-refractivity contribution in [2.75, 3.05) is 6.54 Å². The first-order valence-corrected chi connectivity index (χ1v) is 7.30. The highest BCUT2D eigenvalue weighted by atomic mass is 32.1. The molecule has 0 saturated carbocycles. The van der Waals surface area contributed by atoms with Gasteiger partial charge in [0.2, 0.25) is 0 Å². The maximum Gasteiger partial charge on any atom is 0.174 e. The summed E-state index contributed by atoms with van der Waals surface area (Å²) >= 11 is 1.79. The van der Waals surface area contributed by atoms with Crippen LogP contribution in [0.5, 0.6) is 0 Å². The van der Waals surface area contributed by atoms with E-state index in [1.165, 1.54) is 15.0 Å². The van der Waals surface area contributed by atoms with Crippen LogP contribution in [0.25, 0.3) is 20.8 Å². The van der Waals surface area contributed by atoms with Crippen LogP contribution in [-0.2, 0) is 6.54 Å². The standard InChI is InChI=1S/C14H14N4S/c1-9-13-16-17-14(18(13)7-6-15-9)12-8-10-4-2-3-5-11(10)19-12/h2-5,8-9,15H,6-7H2,1H3. The molecule has 1 N–H and O–H groups in total. The molecule has 0 bridgehead atoms.